The third-order valence-corrected chi connectivity index (χ3v) is 4.97. The number of halogens is 1. The Morgan fingerprint density at radius 3 is 2.70 bits per heavy atom. The van der Waals surface area contributed by atoms with Gasteiger partial charge in [0.15, 0.2) is 0 Å². The van der Waals surface area contributed by atoms with Crippen LogP contribution in [0.5, 0.6) is 0 Å². The first-order valence-electron chi connectivity index (χ1n) is 7.28. The van der Waals surface area contributed by atoms with Gasteiger partial charge in [-0.05, 0) is 61.3 Å². The summed E-state index contributed by atoms with van der Waals surface area (Å²) < 4.78 is 0.858. The second kappa shape index (κ2) is 5.82. The van der Waals surface area contributed by atoms with Gasteiger partial charge in [0.25, 0.3) is 5.91 Å². The van der Waals surface area contributed by atoms with Crippen LogP contribution in [0, 0.1) is 0 Å². The number of carbonyl (C=O) groups is 1. The minimum Gasteiger partial charge on any atom is -0.334 e. The van der Waals surface area contributed by atoms with Crippen LogP contribution in [0.1, 0.15) is 36.0 Å². The molecule has 1 aromatic heterocycles. The van der Waals surface area contributed by atoms with Gasteiger partial charge >= 0.3 is 0 Å². The summed E-state index contributed by atoms with van der Waals surface area (Å²) in [5.41, 5.74) is 0.687. The molecule has 1 aromatic rings. The highest BCUT2D eigenvalue weighted by Crippen LogP contribution is 2.30. The highest BCUT2D eigenvalue weighted by Gasteiger charge is 2.38. The van der Waals surface area contributed by atoms with Crippen molar-refractivity contribution in [2.24, 2.45) is 0 Å². The molecule has 5 heteroatoms. The fraction of sp³-hybridized carbons (Fsp3) is 0.600. The lowest BCUT2D eigenvalue weighted by atomic mass is 10.0. The predicted octanol–water partition coefficient (Wildman–Crippen LogP) is 2.54. The van der Waals surface area contributed by atoms with Crippen LogP contribution < -0.4 is 0 Å². The van der Waals surface area contributed by atoms with Crippen molar-refractivity contribution < 1.29 is 4.79 Å². The molecule has 0 N–H and O–H groups in total. The fourth-order valence-electron chi connectivity index (χ4n) is 3.56. The lowest BCUT2D eigenvalue weighted by molar-refractivity contribution is 0.0664. The fourth-order valence-corrected chi connectivity index (χ4v) is 3.93. The zero-order valence-electron chi connectivity index (χ0n) is 11.8. The summed E-state index contributed by atoms with van der Waals surface area (Å²) in [6.07, 6.45) is 8.08. The number of nitrogens with zero attached hydrogens (tertiary/aromatic N) is 3. The number of amides is 1. The Morgan fingerprint density at radius 2 is 2.00 bits per heavy atom. The Bertz CT molecular complexity index is 508. The standard InChI is InChI=1S/C15H20BrN3O/c1-18-6-2-4-13(18)14-5-3-7-19(14)15(20)11-8-12(16)10-17-9-11/h8-10,13-14H,2-7H2,1H3/t13-,14-/m0/s1. The number of rotatable bonds is 2. The molecule has 0 unspecified atom stereocenters. The van der Waals surface area contributed by atoms with Crippen molar-refractivity contribution in [2.75, 3.05) is 20.1 Å². The lowest BCUT2D eigenvalue weighted by Gasteiger charge is -2.33. The van der Waals surface area contributed by atoms with Crippen molar-refractivity contribution >= 4 is 21.8 Å². The zero-order valence-corrected chi connectivity index (χ0v) is 13.3. The van der Waals surface area contributed by atoms with E-state index in [4.69, 9.17) is 0 Å². The van der Waals surface area contributed by atoms with Crippen LogP contribution in [0.2, 0.25) is 0 Å². The van der Waals surface area contributed by atoms with Gasteiger partial charge in [-0.25, -0.2) is 0 Å². The van der Waals surface area contributed by atoms with Crippen LogP contribution in [-0.2, 0) is 0 Å². The van der Waals surface area contributed by atoms with Crippen molar-refractivity contribution in [3.8, 4) is 0 Å². The summed E-state index contributed by atoms with van der Waals surface area (Å²) in [6.45, 7) is 2.03. The molecule has 0 aromatic carbocycles. The van der Waals surface area contributed by atoms with E-state index in [1.54, 1.807) is 12.4 Å². The molecule has 4 nitrogen and oxygen atoms in total. The largest absolute Gasteiger partial charge is 0.334 e. The van der Waals surface area contributed by atoms with E-state index in [1.807, 2.05) is 6.07 Å². The van der Waals surface area contributed by atoms with Gasteiger partial charge in [-0.1, -0.05) is 0 Å². The van der Waals surface area contributed by atoms with Gasteiger partial charge in [0.2, 0.25) is 0 Å². The van der Waals surface area contributed by atoms with Crippen molar-refractivity contribution in [2.45, 2.75) is 37.8 Å². The molecule has 2 fully saturated rings. The maximum absolute atomic E-state index is 12.7. The molecule has 0 saturated carbocycles. The third-order valence-electron chi connectivity index (χ3n) is 4.53. The third kappa shape index (κ3) is 2.61. The van der Waals surface area contributed by atoms with E-state index in [0.29, 0.717) is 17.6 Å². The first kappa shape index (κ1) is 14.0. The molecule has 0 bridgehead atoms. The molecule has 0 radical (unpaired) electrons. The van der Waals surface area contributed by atoms with Gasteiger partial charge in [-0.3, -0.25) is 9.78 Å². The van der Waals surface area contributed by atoms with E-state index in [-0.39, 0.29) is 5.91 Å². The van der Waals surface area contributed by atoms with Crippen molar-refractivity contribution in [1.82, 2.24) is 14.8 Å². The van der Waals surface area contributed by atoms with Crippen molar-refractivity contribution in [3.05, 3.63) is 28.5 Å². The summed E-state index contributed by atoms with van der Waals surface area (Å²) in [5.74, 6) is 0.126. The summed E-state index contributed by atoms with van der Waals surface area (Å²) in [6, 6.07) is 2.76. The van der Waals surface area contributed by atoms with E-state index >= 15 is 0 Å². The number of likely N-dealkylation sites (N-methyl/N-ethyl adjacent to an activating group) is 1. The molecule has 2 atom stereocenters. The molecule has 3 rings (SSSR count). The minimum atomic E-state index is 0.126. The van der Waals surface area contributed by atoms with Crippen molar-refractivity contribution in [3.63, 3.8) is 0 Å². The molecule has 0 aliphatic carbocycles. The Kier molecular flexibility index (Phi) is 4.08. The molecular weight excluding hydrogens is 318 g/mol. The van der Waals surface area contributed by atoms with E-state index in [1.165, 1.54) is 12.8 Å². The zero-order chi connectivity index (χ0) is 14.1. The maximum atomic E-state index is 12.7. The summed E-state index contributed by atoms with van der Waals surface area (Å²) in [7, 11) is 2.18. The lowest BCUT2D eigenvalue weighted by Crippen LogP contribution is -2.47. The Balaban J connectivity index is 1.79. The first-order chi connectivity index (χ1) is 9.66. The monoisotopic (exact) mass is 337 g/mol. The van der Waals surface area contributed by atoms with E-state index in [2.05, 4.69) is 37.8 Å². The van der Waals surface area contributed by atoms with Gasteiger partial charge in [-0.2, -0.15) is 0 Å². The number of hydrogen-bond acceptors (Lipinski definition) is 3. The van der Waals surface area contributed by atoms with Crippen molar-refractivity contribution in [1.29, 1.82) is 0 Å². The van der Waals surface area contributed by atoms with Gasteiger partial charge in [0.05, 0.1) is 5.56 Å². The number of hydrogen-bond donors (Lipinski definition) is 0. The van der Waals surface area contributed by atoms with Gasteiger partial charge in [0, 0.05) is 35.5 Å². The highest BCUT2D eigenvalue weighted by molar-refractivity contribution is 9.10. The average molecular weight is 338 g/mol. The quantitative estimate of drug-likeness (QED) is 0.832. The second-order valence-electron chi connectivity index (χ2n) is 5.79. The van der Waals surface area contributed by atoms with Crippen LogP contribution in [0.4, 0.5) is 0 Å². The van der Waals surface area contributed by atoms with E-state index in [9.17, 15) is 4.79 Å². The Labute approximate surface area is 128 Å². The molecule has 1 amide bonds. The van der Waals surface area contributed by atoms with Crippen LogP contribution in [0.3, 0.4) is 0 Å². The van der Waals surface area contributed by atoms with Crippen LogP contribution in [-0.4, -0.2) is 52.9 Å². The number of likely N-dealkylation sites (tertiary alicyclic amines) is 2. The molecule has 2 aliphatic heterocycles. The molecule has 108 valence electrons. The summed E-state index contributed by atoms with van der Waals surface area (Å²) >= 11 is 3.39. The molecule has 2 saturated heterocycles. The van der Waals surface area contributed by atoms with E-state index in [0.717, 1.165) is 30.4 Å². The number of carbonyl (C=O) groups excluding carboxylic acids is 1. The molecular formula is C15H20BrN3O. The smallest absolute Gasteiger partial charge is 0.255 e. The minimum absolute atomic E-state index is 0.126. The van der Waals surface area contributed by atoms with Gasteiger partial charge in [0.1, 0.15) is 0 Å². The normalized spacial score (nSPS) is 27.2. The topological polar surface area (TPSA) is 36.4 Å². The van der Waals surface area contributed by atoms with Gasteiger partial charge in [-0.15, -0.1) is 0 Å². The summed E-state index contributed by atoms with van der Waals surface area (Å²) in [4.78, 5) is 21.3. The van der Waals surface area contributed by atoms with Crippen LogP contribution in [0.25, 0.3) is 0 Å². The predicted molar refractivity (Wildman–Crippen MR) is 81.6 cm³/mol. The summed E-state index contributed by atoms with van der Waals surface area (Å²) in [5, 5.41) is 0. The SMILES string of the molecule is CN1CCC[C@H]1[C@@H]1CCCN1C(=O)c1cncc(Br)c1. The van der Waals surface area contributed by atoms with Gasteiger partial charge < -0.3 is 9.80 Å². The molecule has 3 heterocycles. The number of pyridine rings is 1. The Hall–Kier alpha value is -0.940. The maximum Gasteiger partial charge on any atom is 0.255 e. The van der Waals surface area contributed by atoms with E-state index < -0.39 is 0 Å². The molecule has 20 heavy (non-hydrogen) atoms. The second-order valence-corrected chi connectivity index (χ2v) is 6.71. The first-order valence-corrected chi connectivity index (χ1v) is 8.08. The highest BCUT2D eigenvalue weighted by atomic mass is 79.9. The molecule has 0 spiro atoms. The number of aromatic nitrogens is 1. The molecule has 2 aliphatic rings. The van der Waals surface area contributed by atoms with Crippen LogP contribution >= 0.6 is 15.9 Å². The average Bonchev–Trinajstić information content (AvgIpc) is 3.06. The Morgan fingerprint density at radius 1 is 1.25 bits per heavy atom. The van der Waals surface area contributed by atoms with Crippen LogP contribution in [0.15, 0.2) is 22.9 Å².